The maximum atomic E-state index is 5.74. The Kier molecular flexibility index (Phi) is 5.85. The smallest absolute Gasteiger partial charge is 0.0297 e. The fraction of sp³-hybridized carbons (Fsp3) is 1.00. The Hall–Kier alpha value is -0.200. The van der Waals surface area contributed by atoms with Crippen molar-refractivity contribution in [3.8, 4) is 0 Å². The second-order valence-electron chi connectivity index (χ2n) is 5.80. The Morgan fingerprint density at radius 2 is 1.83 bits per heavy atom. The van der Waals surface area contributed by atoms with Gasteiger partial charge in [-0.1, -0.05) is 0 Å². The van der Waals surface area contributed by atoms with Gasteiger partial charge in [0.05, 0.1) is 0 Å². The summed E-state index contributed by atoms with van der Waals surface area (Å²) < 4.78 is 0. The molecule has 2 aliphatic heterocycles. The summed E-state index contributed by atoms with van der Waals surface area (Å²) in [7, 11) is 2.21. The summed E-state index contributed by atoms with van der Waals surface area (Å²) in [6, 6.07) is 1.16. The molecule has 0 aromatic heterocycles. The average Bonchev–Trinajstić information content (AvgIpc) is 2.33. The molecule has 18 heavy (non-hydrogen) atoms. The number of nitrogens with zero attached hydrogens (tertiary/aromatic N) is 2. The minimum atomic E-state index is 0.427. The molecule has 0 unspecified atom stereocenters. The second kappa shape index (κ2) is 7.40. The van der Waals surface area contributed by atoms with Gasteiger partial charge in [-0.25, -0.2) is 0 Å². The van der Waals surface area contributed by atoms with Gasteiger partial charge in [-0.05, 0) is 33.0 Å². The van der Waals surface area contributed by atoms with Gasteiger partial charge >= 0.3 is 0 Å². The second-order valence-corrected chi connectivity index (χ2v) is 5.80. The SMILES string of the molecule is CN1CCC(NCCNCCN2CC(N)C2)CC1. The molecular weight excluding hydrogens is 226 g/mol. The lowest BCUT2D eigenvalue weighted by Crippen LogP contribution is -2.57. The Morgan fingerprint density at radius 3 is 2.50 bits per heavy atom. The first-order chi connectivity index (χ1) is 8.74. The predicted octanol–water partition coefficient (Wildman–Crippen LogP) is -1.10. The average molecular weight is 255 g/mol. The molecular formula is C13H29N5. The molecule has 0 spiro atoms. The summed E-state index contributed by atoms with van der Waals surface area (Å²) in [5.74, 6) is 0. The zero-order valence-electron chi connectivity index (χ0n) is 11.7. The number of rotatable bonds is 7. The lowest BCUT2D eigenvalue weighted by atomic mass is 10.1. The number of hydrogen-bond acceptors (Lipinski definition) is 5. The quantitative estimate of drug-likeness (QED) is 0.504. The van der Waals surface area contributed by atoms with Gasteiger partial charge in [0.1, 0.15) is 0 Å². The molecule has 2 fully saturated rings. The highest BCUT2D eigenvalue weighted by Gasteiger charge is 2.21. The van der Waals surface area contributed by atoms with Gasteiger partial charge in [0.2, 0.25) is 0 Å². The van der Waals surface area contributed by atoms with Crippen molar-refractivity contribution in [1.82, 2.24) is 20.4 Å². The van der Waals surface area contributed by atoms with E-state index in [1.807, 2.05) is 0 Å². The van der Waals surface area contributed by atoms with E-state index in [1.54, 1.807) is 0 Å². The standard InChI is InChI=1S/C13H29N5/c1-17-7-2-13(3-8-17)16-5-4-15-6-9-18-10-12(14)11-18/h12-13,15-16H,2-11,14H2,1H3. The fourth-order valence-electron chi connectivity index (χ4n) is 2.73. The normalized spacial score (nSPS) is 24.3. The molecule has 0 bridgehead atoms. The Morgan fingerprint density at radius 1 is 1.11 bits per heavy atom. The van der Waals surface area contributed by atoms with Crippen LogP contribution in [-0.2, 0) is 0 Å². The van der Waals surface area contributed by atoms with Crippen LogP contribution in [0.4, 0.5) is 0 Å². The molecule has 0 aromatic carbocycles. The van der Waals surface area contributed by atoms with Gasteiger partial charge in [0, 0.05) is 51.4 Å². The maximum absolute atomic E-state index is 5.74. The Labute approximate surface area is 111 Å². The van der Waals surface area contributed by atoms with Crippen LogP contribution in [0.2, 0.25) is 0 Å². The largest absolute Gasteiger partial charge is 0.325 e. The highest BCUT2D eigenvalue weighted by molar-refractivity contribution is 4.82. The number of nitrogens with one attached hydrogen (secondary N) is 2. The fourth-order valence-corrected chi connectivity index (χ4v) is 2.73. The predicted molar refractivity (Wildman–Crippen MR) is 75.8 cm³/mol. The van der Waals surface area contributed by atoms with Gasteiger partial charge in [0.15, 0.2) is 0 Å². The molecule has 2 aliphatic rings. The number of likely N-dealkylation sites (tertiary alicyclic amines) is 2. The summed E-state index contributed by atoms with van der Waals surface area (Å²) in [5.41, 5.74) is 5.74. The van der Waals surface area contributed by atoms with Crippen molar-refractivity contribution in [2.75, 3.05) is 59.4 Å². The maximum Gasteiger partial charge on any atom is 0.0297 e. The number of nitrogens with two attached hydrogens (primary N) is 1. The van der Waals surface area contributed by atoms with Crippen molar-refractivity contribution in [2.45, 2.75) is 24.9 Å². The zero-order valence-corrected chi connectivity index (χ0v) is 11.7. The molecule has 2 heterocycles. The van der Waals surface area contributed by atoms with Crippen molar-refractivity contribution in [3.63, 3.8) is 0 Å². The summed E-state index contributed by atoms with van der Waals surface area (Å²) >= 11 is 0. The first-order valence-electron chi connectivity index (χ1n) is 7.34. The summed E-state index contributed by atoms with van der Waals surface area (Å²) in [6.45, 7) is 9.02. The molecule has 2 saturated heterocycles. The van der Waals surface area contributed by atoms with Gasteiger partial charge in [-0.2, -0.15) is 0 Å². The lowest BCUT2D eigenvalue weighted by Gasteiger charge is -2.36. The van der Waals surface area contributed by atoms with Gasteiger partial charge in [-0.15, -0.1) is 0 Å². The minimum Gasteiger partial charge on any atom is -0.325 e. The summed E-state index contributed by atoms with van der Waals surface area (Å²) in [4.78, 5) is 4.82. The van der Waals surface area contributed by atoms with Crippen molar-refractivity contribution in [3.05, 3.63) is 0 Å². The molecule has 106 valence electrons. The first-order valence-corrected chi connectivity index (χ1v) is 7.34. The van der Waals surface area contributed by atoms with Crippen molar-refractivity contribution in [1.29, 1.82) is 0 Å². The van der Waals surface area contributed by atoms with E-state index in [1.165, 1.54) is 25.9 Å². The first kappa shape index (κ1) is 14.2. The molecule has 0 aliphatic carbocycles. The minimum absolute atomic E-state index is 0.427. The van der Waals surface area contributed by atoms with E-state index in [9.17, 15) is 0 Å². The molecule has 4 N–H and O–H groups in total. The van der Waals surface area contributed by atoms with Crippen LogP contribution >= 0.6 is 0 Å². The summed E-state index contributed by atoms with van der Waals surface area (Å²) in [5, 5.41) is 7.13. The topological polar surface area (TPSA) is 56.6 Å². The van der Waals surface area contributed by atoms with E-state index in [0.717, 1.165) is 45.3 Å². The molecule has 2 rings (SSSR count). The molecule has 0 radical (unpaired) electrons. The Balaban J connectivity index is 1.37. The van der Waals surface area contributed by atoms with Crippen LogP contribution < -0.4 is 16.4 Å². The molecule has 5 heteroatoms. The van der Waals surface area contributed by atoms with Crippen molar-refractivity contribution < 1.29 is 0 Å². The summed E-state index contributed by atoms with van der Waals surface area (Å²) in [6.07, 6.45) is 2.59. The van der Waals surface area contributed by atoms with Crippen LogP contribution in [0.3, 0.4) is 0 Å². The molecule has 0 saturated carbocycles. The van der Waals surface area contributed by atoms with Crippen LogP contribution in [0, 0.1) is 0 Å². The molecule has 0 aromatic rings. The highest BCUT2D eigenvalue weighted by Crippen LogP contribution is 2.07. The zero-order chi connectivity index (χ0) is 12.8. The Bertz CT molecular complexity index is 221. The van der Waals surface area contributed by atoms with Crippen LogP contribution in [0.15, 0.2) is 0 Å². The third-order valence-corrected chi connectivity index (χ3v) is 4.04. The molecule has 0 atom stereocenters. The van der Waals surface area contributed by atoms with Gasteiger partial charge in [-0.3, -0.25) is 4.90 Å². The van der Waals surface area contributed by atoms with Crippen molar-refractivity contribution in [2.24, 2.45) is 5.73 Å². The number of hydrogen-bond donors (Lipinski definition) is 3. The van der Waals surface area contributed by atoms with E-state index >= 15 is 0 Å². The monoisotopic (exact) mass is 255 g/mol. The van der Waals surface area contributed by atoms with E-state index in [2.05, 4.69) is 27.5 Å². The van der Waals surface area contributed by atoms with Crippen molar-refractivity contribution >= 4 is 0 Å². The van der Waals surface area contributed by atoms with Crippen LogP contribution in [0.25, 0.3) is 0 Å². The van der Waals surface area contributed by atoms with E-state index in [0.29, 0.717) is 6.04 Å². The molecule has 5 nitrogen and oxygen atoms in total. The molecule has 0 amide bonds. The van der Waals surface area contributed by atoms with Crippen LogP contribution in [0.1, 0.15) is 12.8 Å². The third kappa shape index (κ3) is 4.82. The van der Waals surface area contributed by atoms with Gasteiger partial charge < -0.3 is 21.3 Å². The lowest BCUT2D eigenvalue weighted by molar-refractivity contribution is 0.152. The van der Waals surface area contributed by atoms with Crippen LogP contribution in [-0.4, -0.2) is 81.3 Å². The highest BCUT2D eigenvalue weighted by atomic mass is 15.2. The van der Waals surface area contributed by atoms with E-state index in [-0.39, 0.29) is 0 Å². The third-order valence-electron chi connectivity index (χ3n) is 4.04. The van der Waals surface area contributed by atoms with E-state index in [4.69, 9.17) is 5.73 Å². The van der Waals surface area contributed by atoms with Gasteiger partial charge in [0.25, 0.3) is 0 Å². The van der Waals surface area contributed by atoms with E-state index < -0.39 is 0 Å². The van der Waals surface area contributed by atoms with Crippen LogP contribution in [0.5, 0.6) is 0 Å². The number of piperidine rings is 1.